The molecular formula is C18H13BrN2O. The van der Waals surface area contributed by atoms with E-state index in [9.17, 15) is 4.79 Å². The van der Waals surface area contributed by atoms with E-state index < -0.39 is 0 Å². The second-order valence-corrected chi connectivity index (χ2v) is 5.64. The third-order valence-electron chi connectivity index (χ3n) is 3.27. The van der Waals surface area contributed by atoms with Gasteiger partial charge in [-0.3, -0.25) is 4.79 Å². The Morgan fingerprint density at radius 2 is 1.68 bits per heavy atom. The largest absolute Gasteiger partial charge is 0.272 e. The van der Waals surface area contributed by atoms with Crippen LogP contribution >= 0.6 is 15.9 Å². The summed E-state index contributed by atoms with van der Waals surface area (Å²) in [6.07, 6.45) is 1.64. The van der Waals surface area contributed by atoms with E-state index >= 15 is 0 Å². The number of rotatable bonds is 3. The normalized spacial score (nSPS) is 11.0. The minimum absolute atomic E-state index is 0.246. The van der Waals surface area contributed by atoms with Crippen LogP contribution in [0.2, 0.25) is 0 Å². The molecule has 0 saturated carbocycles. The summed E-state index contributed by atoms with van der Waals surface area (Å²) in [6.45, 7) is 0. The number of hydrogen-bond donors (Lipinski definition) is 1. The highest BCUT2D eigenvalue weighted by Gasteiger charge is 2.07. The van der Waals surface area contributed by atoms with Crippen molar-refractivity contribution in [2.24, 2.45) is 5.10 Å². The monoisotopic (exact) mass is 352 g/mol. The number of carbonyl (C=O) groups excluding carboxylic acids is 1. The van der Waals surface area contributed by atoms with Crippen molar-refractivity contribution < 1.29 is 4.79 Å². The van der Waals surface area contributed by atoms with Gasteiger partial charge in [0.05, 0.1) is 11.8 Å². The Balaban J connectivity index is 1.73. The second-order valence-electron chi connectivity index (χ2n) is 4.79. The smallest absolute Gasteiger partial charge is 0.267 e. The van der Waals surface area contributed by atoms with Gasteiger partial charge in [-0.1, -0.05) is 48.5 Å². The topological polar surface area (TPSA) is 41.5 Å². The SMILES string of the molecule is O=C(NN=Cc1ccc2ccccc2c1)c1ccccc1Br. The van der Waals surface area contributed by atoms with Crippen molar-refractivity contribution in [3.63, 3.8) is 0 Å². The Bertz CT molecular complexity index is 858. The molecule has 0 spiro atoms. The van der Waals surface area contributed by atoms with E-state index in [-0.39, 0.29) is 5.91 Å². The number of nitrogens with zero attached hydrogens (tertiary/aromatic N) is 1. The molecule has 4 heteroatoms. The first-order valence-electron chi connectivity index (χ1n) is 6.81. The summed E-state index contributed by atoms with van der Waals surface area (Å²) in [5.74, 6) is -0.246. The van der Waals surface area contributed by atoms with Crippen molar-refractivity contribution in [1.29, 1.82) is 0 Å². The van der Waals surface area contributed by atoms with Crippen LogP contribution in [0.3, 0.4) is 0 Å². The van der Waals surface area contributed by atoms with Crippen LogP contribution in [-0.2, 0) is 0 Å². The molecule has 0 aliphatic rings. The lowest BCUT2D eigenvalue weighted by atomic mass is 10.1. The van der Waals surface area contributed by atoms with Gasteiger partial charge in [-0.2, -0.15) is 5.10 Å². The molecule has 1 amide bonds. The van der Waals surface area contributed by atoms with Gasteiger partial charge in [-0.05, 0) is 50.5 Å². The molecule has 3 nitrogen and oxygen atoms in total. The molecule has 0 aliphatic carbocycles. The summed E-state index contributed by atoms with van der Waals surface area (Å²) in [4.78, 5) is 12.0. The zero-order valence-electron chi connectivity index (χ0n) is 11.7. The first-order chi connectivity index (χ1) is 10.7. The van der Waals surface area contributed by atoms with Crippen LogP contribution in [0.5, 0.6) is 0 Å². The maximum atomic E-state index is 12.0. The Morgan fingerprint density at radius 3 is 2.50 bits per heavy atom. The van der Waals surface area contributed by atoms with E-state index in [0.29, 0.717) is 5.56 Å². The lowest BCUT2D eigenvalue weighted by Crippen LogP contribution is -2.18. The maximum Gasteiger partial charge on any atom is 0.272 e. The van der Waals surface area contributed by atoms with Gasteiger partial charge in [-0.15, -0.1) is 0 Å². The zero-order chi connectivity index (χ0) is 15.4. The molecular weight excluding hydrogens is 340 g/mol. The second kappa shape index (κ2) is 6.54. The number of amides is 1. The molecule has 22 heavy (non-hydrogen) atoms. The van der Waals surface area contributed by atoms with Crippen molar-refractivity contribution >= 4 is 38.8 Å². The van der Waals surface area contributed by atoms with Gasteiger partial charge in [0.25, 0.3) is 5.91 Å². The Hall–Kier alpha value is -2.46. The minimum atomic E-state index is -0.246. The molecule has 0 fully saturated rings. The Kier molecular flexibility index (Phi) is 4.30. The quantitative estimate of drug-likeness (QED) is 0.552. The highest BCUT2D eigenvalue weighted by Crippen LogP contribution is 2.16. The fourth-order valence-corrected chi connectivity index (χ4v) is 2.62. The molecule has 0 aliphatic heterocycles. The molecule has 0 bridgehead atoms. The molecule has 0 heterocycles. The number of hydrazone groups is 1. The Morgan fingerprint density at radius 1 is 0.955 bits per heavy atom. The molecule has 0 atom stereocenters. The number of fused-ring (bicyclic) bond motifs is 1. The standard InChI is InChI=1S/C18H13BrN2O/c19-17-8-4-3-7-16(17)18(22)21-20-12-13-9-10-14-5-1-2-6-15(14)11-13/h1-12H,(H,21,22). The van der Waals surface area contributed by atoms with Crippen LogP contribution in [-0.4, -0.2) is 12.1 Å². The fraction of sp³-hybridized carbons (Fsp3) is 0. The maximum absolute atomic E-state index is 12.0. The van der Waals surface area contributed by atoms with Crippen molar-refractivity contribution in [3.05, 3.63) is 82.3 Å². The van der Waals surface area contributed by atoms with Crippen molar-refractivity contribution in [1.82, 2.24) is 5.43 Å². The predicted molar refractivity (Wildman–Crippen MR) is 93.2 cm³/mol. The highest BCUT2D eigenvalue weighted by atomic mass is 79.9. The lowest BCUT2D eigenvalue weighted by molar-refractivity contribution is 0.0954. The van der Waals surface area contributed by atoms with Gasteiger partial charge >= 0.3 is 0 Å². The van der Waals surface area contributed by atoms with Gasteiger partial charge in [-0.25, -0.2) is 5.43 Å². The fourth-order valence-electron chi connectivity index (χ4n) is 2.16. The number of benzene rings is 3. The molecule has 3 aromatic carbocycles. The third kappa shape index (κ3) is 3.23. The van der Waals surface area contributed by atoms with E-state index in [0.717, 1.165) is 15.4 Å². The number of nitrogens with one attached hydrogen (secondary N) is 1. The number of carbonyl (C=O) groups is 1. The summed E-state index contributed by atoms with van der Waals surface area (Å²) in [6, 6.07) is 21.4. The van der Waals surface area contributed by atoms with Gasteiger partial charge < -0.3 is 0 Å². The van der Waals surface area contributed by atoms with Crippen LogP contribution in [0.15, 0.2) is 76.3 Å². The van der Waals surface area contributed by atoms with Crippen LogP contribution < -0.4 is 5.43 Å². The van der Waals surface area contributed by atoms with Crippen LogP contribution in [0, 0.1) is 0 Å². The van der Waals surface area contributed by atoms with E-state index in [1.165, 1.54) is 5.39 Å². The minimum Gasteiger partial charge on any atom is -0.267 e. The first kappa shape index (κ1) is 14.5. The number of halogens is 1. The van der Waals surface area contributed by atoms with Crippen molar-refractivity contribution in [2.45, 2.75) is 0 Å². The van der Waals surface area contributed by atoms with E-state index in [4.69, 9.17) is 0 Å². The van der Waals surface area contributed by atoms with Gasteiger partial charge in [0.1, 0.15) is 0 Å². The summed E-state index contributed by atoms with van der Waals surface area (Å²) >= 11 is 3.35. The molecule has 1 N–H and O–H groups in total. The predicted octanol–water partition coefficient (Wildman–Crippen LogP) is 4.37. The summed E-state index contributed by atoms with van der Waals surface area (Å²) in [5.41, 5.74) is 4.03. The van der Waals surface area contributed by atoms with Gasteiger partial charge in [0, 0.05) is 4.47 Å². The van der Waals surface area contributed by atoms with E-state index in [2.05, 4.69) is 32.5 Å². The molecule has 0 radical (unpaired) electrons. The first-order valence-corrected chi connectivity index (χ1v) is 7.60. The number of hydrogen-bond acceptors (Lipinski definition) is 2. The average molecular weight is 353 g/mol. The average Bonchev–Trinajstić information content (AvgIpc) is 2.55. The van der Waals surface area contributed by atoms with Crippen LogP contribution in [0.25, 0.3) is 10.8 Å². The van der Waals surface area contributed by atoms with Gasteiger partial charge in [0.15, 0.2) is 0 Å². The highest BCUT2D eigenvalue weighted by molar-refractivity contribution is 9.10. The van der Waals surface area contributed by atoms with Crippen molar-refractivity contribution in [3.8, 4) is 0 Å². The molecule has 108 valence electrons. The Labute approximate surface area is 136 Å². The zero-order valence-corrected chi connectivity index (χ0v) is 13.2. The molecule has 0 aromatic heterocycles. The molecule has 0 saturated heterocycles. The van der Waals surface area contributed by atoms with Crippen LogP contribution in [0.4, 0.5) is 0 Å². The van der Waals surface area contributed by atoms with Crippen LogP contribution in [0.1, 0.15) is 15.9 Å². The van der Waals surface area contributed by atoms with Gasteiger partial charge in [0.2, 0.25) is 0 Å². The molecule has 3 rings (SSSR count). The molecule has 3 aromatic rings. The lowest BCUT2D eigenvalue weighted by Gasteiger charge is -2.02. The summed E-state index contributed by atoms with van der Waals surface area (Å²) < 4.78 is 0.744. The summed E-state index contributed by atoms with van der Waals surface area (Å²) in [5, 5.41) is 6.34. The van der Waals surface area contributed by atoms with E-state index in [1.54, 1.807) is 12.3 Å². The summed E-state index contributed by atoms with van der Waals surface area (Å²) in [7, 11) is 0. The molecule has 0 unspecified atom stereocenters. The van der Waals surface area contributed by atoms with Crippen molar-refractivity contribution in [2.75, 3.05) is 0 Å². The van der Waals surface area contributed by atoms with E-state index in [1.807, 2.05) is 54.6 Å². The third-order valence-corrected chi connectivity index (χ3v) is 3.96.